The molecule has 0 unspecified atom stereocenters. The lowest BCUT2D eigenvalue weighted by atomic mass is 10.2. The van der Waals surface area contributed by atoms with Crippen molar-refractivity contribution < 1.29 is 5.11 Å². The second kappa shape index (κ2) is 7.84. The van der Waals surface area contributed by atoms with Gasteiger partial charge in [0.25, 0.3) is 0 Å². The van der Waals surface area contributed by atoms with Crippen molar-refractivity contribution in [1.82, 2.24) is 4.57 Å². The summed E-state index contributed by atoms with van der Waals surface area (Å²) in [7, 11) is 0. The first-order valence-corrected chi connectivity index (χ1v) is 10.5. The van der Waals surface area contributed by atoms with Crippen LogP contribution in [0.3, 0.4) is 0 Å². The summed E-state index contributed by atoms with van der Waals surface area (Å²) in [5.41, 5.74) is 3.11. The fourth-order valence-corrected chi connectivity index (χ4v) is 4.27. The van der Waals surface area contributed by atoms with Gasteiger partial charge in [0.05, 0.1) is 12.6 Å². The van der Waals surface area contributed by atoms with E-state index < -0.39 is 6.10 Å². The van der Waals surface area contributed by atoms with Gasteiger partial charge in [-0.2, -0.15) is 0 Å². The molecule has 0 saturated carbocycles. The molecule has 0 spiro atoms. The Kier molecular flexibility index (Phi) is 5.46. The molecule has 0 fully saturated rings. The molecule has 0 bridgehead atoms. The van der Waals surface area contributed by atoms with E-state index in [-0.39, 0.29) is 0 Å². The van der Waals surface area contributed by atoms with Crippen LogP contribution in [0, 0.1) is 0 Å². The van der Waals surface area contributed by atoms with E-state index in [0.717, 1.165) is 36.4 Å². The molecule has 1 aromatic heterocycles. The summed E-state index contributed by atoms with van der Waals surface area (Å²) in [5, 5.41) is 16.9. The summed E-state index contributed by atoms with van der Waals surface area (Å²) >= 11 is 13.1. The summed E-state index contributed by atoms with van der Waals surface area (Å²) in [4.78, 5) is 0. The Bertz CT molecular complexity index is 1070. The molecule has 3 aromatic carbocycles. The quantitative estimate of drug-likeness (QED) is 0.325. The van der Waals surface area contributed by atoms with Gasteiger partial charge in [-0.25, -0.2) is 0 Å². The van der Waals surface area contributed by atoms with Gasteiger partial charge in [0, 0.05) is 48.0 Å². The fourth-order valence-electron chi connectivity index (χ4n) is 3.35. The topological polar surface area (TPSA) is 37.2 Å². The number of aliphatic hydroxyl groups excluding tert-OH is 1. The number of nitrogens with zero attached hydrogens (tertiary/aromatic N) is 1. The lowest BCUT2D eigenvalue weighted by Gasteiger charge is -2.16. The molecule has 4 rings (SSSR count). The van der Waals surface area contributed by atoms with Gasteiger partial charge in [0.1, 0.15) is 0 Å². The van der Waals surface area contributed by atoms with E-state index in [0.29, 0.717) is 18.1 Å². The normalized spacial score (nSPS) is 12.6. The molecule has 0 saturated heterocycles. The maximum absolute atomic E-state index is 10.6. The first-order chi connectivity index (χ1) is 13.0. The minimum Gasteiger partial charge on any atom is -0.389 e. The van der Waals surface area contributed by atoms with E-state index in [1.807, 2.05) is 36.4 Å². The second-order valence-corrected chi connectivity index (χ2v) is 8.75. The number of halogens is 3. The fraction of sp³-hybridized carbons (Fsp3) is 0.143. The van der Waals surface area contributed by atoms with Crippen LogP contribution in [0.2, 0.25) is 5.02 Å². The summed E-state index contributed by atoms with van der Waals surface area (Å²) in [5.74, 6) is 0. The van der Waals surface area contributed by atoms with Gasteiger partial charge in [0.15, 0.2) is 0 Å². The van der Waals surface area contributed by atoms with Crippen LogP contribution in [0.1, 0.15) is 0 Å². The molecule has 1 atom stereocenters. The number of fused-ring (bicyclic) bond motifs is 3. The summed E-state index contributed by atoms with van der Waals surface area (Å²) in [6.07, 6.45) is -0.546. The maximum Gasteiger partial charge on any atom is 0.0891 e. The standard InChI is InChI=1S/C21H17Br2ClN2O/c22-13-4-6-20-18(8-13)19-9-14(23)5-7-21(19)26(20)12-17(27)11-25-16-3-1-2-15(24)10-16/h1-10,17,25,27H,11-12H2/t17-/m1/s1. The highest BCUT2D eigenvalue weighted by Crippen LogP contribution is 2.33. The average molecular weight is 509 g/mol. The largest absolute Gasteiger partial charge is 0.389 e. The van der Waals surface area contributed by atoms with Gasteiger partial charge in [-0.1, -0.05) is 49.5 Å². The molecular formula is C21H17Br2ClN2O. The van der Waals surface area contributed by atoms with Crippen LogP contribution in [0.4, 0.5) is 5.69 Å². The minimum absolute atomic E-state index is 0.439. The maximum atomic E-state index is 10.6. The lowest BCUT2D eigenvalue weighted by Crippen LogP contribution is -2.24. The zero-order valence-electron chi connectivity index (χ0n) is 14.3. The Morgan fingerprint density at radius 1 is 0.926 bits per heavy atom. The number of aliphatic hydroxyl groups is 1. The van der Waals surface area contributed by atoms with E-state index in [9.17, 15) is 5.11 Å². The number of nitrogens with one attached hydrogen (secondary N) is 1. The van der Waals surface area contributed by atoms with Crippen LogP contribution in [0.5, 0.6) is 0 Å². The van der Waals surface area contributed by atoms with Gasteiger partial charge in [-0.15, -0.1) is 0 Å². The Hall–Kier alpha value is -1.53. The highest BCUT2D eigenvalue weighted by molar-refractivity contribution is 9.10. The third-order valence-corrected chi connectivity index (χ3v) is 5.77. The summed E-state index contributed by atoms with van der Waals surface area (Å²) in [6.45, 7) is 0.936. The Morgan fingerprint density at radius 3 is 2.15 bits per heavy atom. The smallest absolute Gasteiger partial charge is 0.0891 e. The van der Waals surface area contributed by atoms with Gasteiger partial charge in [-0.05, 0) is 54.6 Å². The molecule has 138 valence electrons. The average Bonchev–Trinajstić information content (AvgIpc) is 2.92. The zero-order valence-corrected chi connectivity index (χ0v) is 18.2. The van der Waals surface area contributed by atoms with Gasteiger partial charge in [0.2, 0.25) is 0 Å². The molecule has 0 radical (unpaired) electrons. The van der Waals surface area contributed by atoms with Gasteiger partial charge >= 0.3 is 0 Å². The first kappa shape index (κ1) is 18.8. The van der Waals surface area contributed by atoms with Crippen molar-refractivity contribution in [2.24, 2.45) is 0 Å². The van der Waals surface area contributed by atoms with Crippen LogP contribution in [-0.4, -0.2) is 22.3 Å². The monoisotopic (exact) mass is 506 g/mol. The number of anilines is 1. The van der Waals surface area contributed by atoms with Crippen molar-refractivity contribution >= 4 is 71.0 Å². The van der Waals surface area contributed by atoms with E-state index in [2.05, 4.69) is 66.0 Å². The van der Waals surface area contributed by atoms with Crippen molar-refractivity contribution in [3.8, 4) is 0 Å². The predicted octanol–water partition coefficient (Wildman–Crippen LogP) is 6.45. The van der Waals surface area contributed by atoms with E-state index >= 15 is 0 Å². The molecule has 0 aliphatic heterocycles. The van der Waals surface area contributed by atoms with E-state index in [1.165, 1.54) is 0 Å². The lowest BCUT2D eigenvalue weighted by molar-refractivity contribution is 0.169. The van der Waals surface area contributed by atoms with Crippen molar-refractivity contribution in [2.75, 3.05) is 11.9 Å². The predicted molar refractivity (Wildman–Crippen MR) is 121 cm³/mol. The van der Waals surface area contributed by atoms with Crippen LogP contribution in [0.15, 0.2) is 69.6 Å². The second-order valence-electron chi connectivity index (χ2n) is 6.48. The first-order valence-electron chi connectivity index (χ1n) is 8.56. The molecule has 6 heteroatoms. The third kappa shape index (κ3) is 4.02. The van der Waals surface area contributed by atoms with Crippen LogP contribution >= 0.6 is 43.5 Å². The molecule has 1 heterocycles. The molecule has 0 amide bonds. The number of hydrogen-bond acceptors (Lipinski definition) is 2. The van der Waals surface area contributed by atoms with Crippen LogP contribution < -0.4 is 5.32 Å². The molecule has 3 nitrogen and oxygen atoms in total. The number of rotatable bonds is 5. The number of aromatic nitrogens is 1. The molecular weight excluding hydrogens is 492 g/mol. The Morgan fingerprint density at radius 2 is 1.56 bits per heavy atom. The number of hydrogen-bond donors (Lipinski definition) is 2. The SMILES string of the molecule is O[C@H](CNc1cccc(Cl)c1)Cn1c2ccc(Br)cc2c2cc(Br)ccc21. The summed E-state index contributed by atoms with van der Waals surface area (Å²) in [6, 6.07) is 20.0. The van der Waals surface area contributed by atoms with Crippen LogP contribution in [0.25, 0.3) is 21.8 Å². The molecule has 0 aliphatic rings. The molecule has 4 aromatic rings. The zero-order chi connectivity index (χ0) is 19.0. The van der Waals surface area contributed by atoms with Crippen molar-refractivity contribution in [3.05, 3.63) is 74.6 Å². The van der Waals surface area contributed by atoms with E-state index in [1.54, 1.807) is 0 Å². The van der Waals surface area contributed by atoms with E-state index in [4.69, 9.17) is 11.6 Å². The van der Waals surface area contributed by atoms with Gasteiger partial charge < -0.3 is 15.0 Å². The van der Waals surface area contributed by atoms with Crippen LogP contribution in [-0.2, 0) is 6.54 Å². The summed E-state index contributed by atoms with van der Waals surface area (Å²) < 4.78 is 4.25. The Labute approximate surface area is 179 Å². The van der Waals surface area contributed by atoms with Crippen molar-refractivity contribution in [1.29, 1.82) is 0 Å². The third-order valence-electron chi connectivity index (χ3n) is 4.55. The number of benzene rings is 3. The molecule has 2 N–H and O–H groups in total. The molecule has 0 aliphatic carbocycles. The molecule has 27 heavy (non-hydrogen) atoms. The minimum atomic E-state index is -0.546. The van der Waals surface area contributed by atoms with Crippen molar-refractivity contribution in [3.63, 3.8) is 0 Å². The highest BCUT2D eigenvalue weighted by Gasteiger charge is 2.14. The Balaban J connectivity index is 1.64. The van der Waals surface area contributed by atoms with Gasteiger partial charge in [-0.3, -0.25) is 0 Å². The van der Waals surface area contributed by atoms with Crippen molar-refractivity contribution in [2.45, 2.75) is 12.6 Å². The highest BCUT2D eigenvalue weighted by atomic mass is 79.9.